The van der Waals surface area contributed by atoms with Gasteiger partial charge in [-0.15, -0.1) is 0 Å². The Labute approximate surface area is 127 Å². The summed E-state index contributed by atoms with van der Waals surface area (Å²) < 4.78 is 0. The van der Waals surface area contributed by atoms with Crippen LogP contribution in [-0.2, 0) is 9.59 Å². The molecular weight excluding hydrogens is 266 g/mol. The number of amides is 1. The van der Waals surface area contributed by atoms with Crippen LogP contribution in [-0.4, -0.2) is 23.0 Å². The first-order valence-corrected chi connectivity index (χ1v) is 8.58. The minimum Gasteiger partial charge on any atom is -0.481 e. The first-order chi connectivity index (χ1) is 10.1. The quantitative estimate of drug-likeness (QED) is 0.789. The zero-order chi connectivity index (χ0) is 15.2. The van der Waals surface area contributed by atoms with Crippen molar-refractivity contribution < 1.29 is 14.7 Å². The summed E-state index contributed by atoms with van der Waals surface area (Å²) in [5.41, 5.74) is 0. The molecule has 2 fully saturated rings. The molecule has 0 aliphatic heterocycles. The lowest BCUT2D eigenvalue weighted by Gasteiger charge is -2.39. The van der Waals surface area contributed by atoms with E-state index in [0.717, 1.165) is 31.1 Å². The topological polar surface area (TPSA) is 66.4 Å². The molecule has 0 saturated heterocycles. The number of carboxylic acid groups (broad SMARTS) is 1. The van der Waals surface area contributed by atoms with Gasteiger partial charge in [0.1, 0.15) is 0 Å². The lowest BCUT2D eigenvalue weighted by molar-refractivity contribution is -0.137. The summed E-state index contributed by atoms with van der Waals surface area (Å²) in [6.07, 6.45) is 10.3. The van der Waals surface area contributed by atoms with E-state index in [4.69, 9.17) is 5.11 Å². The molecule has 0 bridgehead atoms. The molecule has 0 spiro atoms. The van der Waals surface area contributed by atoms with E-state index in [2.05, 4.69) is 5.32 Å². The van der Waals surface area contributed by atoms with Crippen molar-refractivity contribution >= 4 is 11.9 Å². The normalized spacial score (nSPS) is 30.2. The van der Waals surface area contributed by atoms with Gasteiger partial charge in [-0.1, -0.05) is 25.7 Å². The van der Waals surface area contributed by atoms with Gasteiger partial charge in [-0.2, -0.15) is 0 Å². The van der Waals surface area contributed by atoms with Crippen molar-refractivity contribution in [1.29, 1.82) is 0 Å². The van der Waals surface area contributed by atoms with Crippen LogP contribution in [0.3, 0.4) is 0 Å². The van der Waals surface area contributed by atoms with Crippen LogP contribution in [0.1, 0.15) is 71.1 Å². The summed E-state index contributed by atoms with van der Waals surface area (Å²) in [6.45, 7) is 1.98. The predicted molar refractivity (Wildman–Crippen MR) is 81.9 cm³/mol. The maximum Gasteiger partial charge on any atom is 0.303 e. The number of nitrogens with one attached hydrogen (secondary N) is 1. The number of carbonyl (C=O) groups excluding carboxylic acids is 1. The summed E-state index contributed by atoms with van der Waals surface area (Å²) >= 11 is 0. The fourth-order valence-corrected chi connectivity index (χ4v) is 4.10. The highest BCUT2D eigenvalue weighted by Gasteiger charge is 2.35. The lowest BCUT2D eigenvalue weighted by Crippen LogP contribution is -2.41. The van der Waals surface area contributed by atoms with Gasteiger partial charge in [-0.3, -0.25) is 9.59 Å². The van der Waals surface area contributed by atoms with Gasteiger partial charge in [-0.05, 0) is 50.9 Å². The van der Waals surface area contributed by atoms with Gasteiger partial charge in [0.2, 0.25) is 5.91 Å². The van der Waals surface area contributed by atoms with Gasteiger partial charge in [0.15, 0.2) is 0 Å². The maximum atomic E-state index is 12.4. The minimum absolute atomic E-state index is 0.0842. The molecule has 2 N–H and O–H groups in total. The van der Waals surface area contributed by atoms with E-state index >= 15 is 0 Å². The summed E-state index contributed by atoms with van der Waals surface area (Å²) in [6, 6.07) is 0.0842. The summed E-state index contributed by atoms with van der Waals surface area (Å²) in [5.74, 6) is 1.26. The van der Waals surface area contributed by atoms with Crippen molar-refractivity contribution in [2.24, 2.45) is 17.8 Å². The number of aliphatic carboxylic acids is 1. The molecule has 0 aromatic carbocycles. The average Bonchev–Trinajstić information content (AvgIpc) is 2.46. The van der Waals surface area contributed by atoms with Crippen LogP contribution >= 0.6 is 0 Å². The Hall–Kier alpha value is -1.06. The van der Waals surface area contributed by atoms with E-state index in [-0.39, 0.29) is 24.3 Å². The van der Waals surface area contributed by atoms with Crippen molar-refractivity contribution in [2.45, 2.75) is 77.2 Å². The molecule has 4 atom stereocenters. The lowest BCUT2D eigenvalue weighted by atomic mass is 9.67. The van der Waals surface area contributed by atoms with E-state index in [1.165, 1.54) is 32.1 Å². The standard InChI is InChI=1S/C17H29NO3/c1-12(5-4-8-16(19)20)18-17(21)15-10-9-13-6-2-3-7-14(13)11-15/h12-15H,2-11H2,1H3,(H,18,21)(H,19,20). The van der Waals surface area contributed by atoms with Gasteiger partial charge in [-0.25, -0.2) is 0 Å². The first kappa shape index (κ1) is 16.3. The Kier molecular flexibility index (Phi) is 6.07. The highest BCUT2D eigenvalue weighted by Crippen LogP contribution is 2.42. The van der Waals surface area contributed by atoms with Crippen molar-refractivity contribution in [3.8, 4) is 0 Å². The summed E-state index contributed by atoms with van der Waals surface area (Å²) in [7, 11) is 0. The molecule has 4 nitrogen and oxygen atoms in total. The Bertz CT molecular complexity index is 369. The Morgan fingerprint density at radius 1 is 1.14 bits per heavy atom. The van der Waals surface area contributed by atoms with E-state index in [1.807, 2.05) is 6.92 Å². The van der Waals surface area contributed by atoms with Crippen molar-refractivity contribution in [3.05, 3.63) is 0 Å². The summed E-state index contributed by atoms with van der Waals surface area (Å²) in [5, 5.41) is 11.7. The van der Waals surface area contributed by atoms with E-state index < -0.39 is 5.97 Å². The molecule has 4 heteroatoms. The zero-order valence-corrected chi connectivity index (χ0v) is 13.1. The molecular formula is C17H29NO3. The SMILES string of the molecule is CC(CCCC(=O)O)NC(=O)C1CCC2CCCCC2C1. The van der Waals surface area contributed by atoms with Crippen LogP contribution in [0.15, 0.2) is 0 Å². The van der Waals surface area contributed by atoms with Gasteiger partial charge in [0, 0.05) is 18.4 Å². The van der Waals surface area contributed by atoms with Gasteiger partial charge in [0.05, 0.1) is 0 Å². The second kappa shape index (κ2) is 7.81. The van der Waals surface area contributed by atoms with Gasteiger partial charge >= 0.3 is 5.97 Å². The smallest absolute Gasteiger partial charge is 0.303 e. The third kappa shape index (κ3) is 5.01. The number of carbonyl (C=O) groups is 2. The molecule has 2 rings (SSSR count). The van der Waals surface area contributed by atoms with Crippen LogP contribution < -0.4 is 5.32 Å². The number of fused-ring (bicyclic) bond motifs is 1. The molecule has 4 unspecified atom stereocenters. The number of carboxylic acids is 1. The second-order valence-corrected chi connectivity index (χ2v) is 7.01. The van der Waals surface area contributed by atoms with Crippen LogP contribution in [0.4, 0.5) is 0 Å². The molecule has 0 heterocycles. The van der Waals surface area contributed by atoms with Crippen molar-refractivity contribution in [3.63, 3.8) is 0 Å². The van der Waals surface area contributed by atoms with Crippen LogP contribution in [0.2, 0.25) is 0 Å². The Balaban J connectivity index is 1.71. The highest BCUT2D eigenvalue weighted by atomic mass is 16.4. The molecule has 120 valence electrons. The fraction of sp³-hybridized carbons (Fsp3) is 0.882. The van der Waals surface area contributed by atoms with E-state index in [1.54, 1.807) is 0 Å². The first-order valence-electron chi connectivity index (χ1n) is 8.58. The fourth-order valence-electron chi connectivity index (χ4n) is 4.10. The molecule has 1 amide bonds. The minimum atomic E-state index is -0.760. The maximum absolute atomic E-state index is 12.4. The van der Waals surface area contributed by atoms with Crippen molar-refractivity contribution in [1.82, 2.24) is 5.32 Å². The monoisotopic (exact) mass is 295 g/mol. The van der Waals surface area contributed by atoms with Crippen LogP contribution in [0.25, 0.3) is 0 Å². The molecule has 21 heavy (non-hydrogen) atoms. The van der Waals surface area contributed by atoms with Crippen LogP contribution in [0, 0.1) is 17.8 Å². The largest absolute Gasteiger partial charge is 0.481 e. The Morgan fingerprint density at radius 3 is 2.57 bits per heavy atom. The number of rotatable bonds is 6. The van der Waals surface area contributed by atoms with E-state index in [0.29, 0.717) is 6.42 Å². The van der Waals surface area contributed by atoms with Crippen LogP contribution in [0.5, 0.6) is 0 Å². The van der Waals surface area contributed by atoms with E-state index in [9.17, 15) is 9.59 Å². The Morgan fingerprint density at radius 2 is 1.86 bits per heavy atom. The second-order valence-electron chi connectivity index (χ2n) is 7.01. The molecule has 0 radical (unpaired) electrons. The van der Waals surface area contributed by atoms with Crippen molar-refractivity contribution in [2.75, 3.05) is 0 Å². The van der Waals surface area contributed by atoms with Gasteiger partial charge in [0.25, 0.3) is 0 Å². The predicted octanol–water partition coefficient (Wildman–Crippen LogP) is 3.35. The zero-order valence-electron chi connectivity index (χ0n) is 13.1. The third-order valence-corrected chi connectivity index (χ3v) is 5.33. The third-order valence-electron chi connectivity index (χ3n) is 5.33. The molecule has 2 aliphatic rings. The molecule has 0 aromatic heterocycles. The molecule has 2 saturated carbocycles. The summed E-state index contributed by atoms with van der Waals surface area (Å²) in [4.78, 5) is 22.8. The number of hydrogen-bond donors (Lipinski definition) is 2. The molecule has 2 aliphatic carbocycles. The molecule has 0 aromatic rings. The number of hydrogen-bond acceptors (Lipinski definition) is 2. The highest BCUT2D eigenvalue weighted by molar-refractivity contribution is 5.79. The average molecular weight is 295 g/mol. The van der Waals surface area contributed by atoms with Gasteiger partial charge < -0.3 is 10.4 Å².